The summed E-state index contributed by atoms with van der Waals surface area (Å²) in [5.74, 6) is 0.540. The number of carbonyl (C=O) groups is 2. The largest absolute Gasteiger partial charge is 0.467 e. The topological polar surface area (TPSA) is 67.9 Å². The molecule has 29 heavy (non-hydrogen) atoms. The van der Waals surface area contributed by atoms with Crippen LogP contribution in [0.25, 0.3) is 0 Å². The third-order valence-corrected chi connectivity index (χ3v) is 4.61. The standard InChI is InChI=1S/C22H33N3O4/c1-22(2,3)14-20(26)24(11-13-28-5)17-21(27)25(16-19-9-7-12-29-19)15-18-8-6-10-23(18)4/h6-10,12H,11,13-17H2,1-5H3. The fraction of sp³-hybridized carbons (Fsp3) is 0.545. The Morgan fingerprint density at radius 2 is 1.86 bits per heavy atom. The molecule has 0 aliphatic rings. The maximum absolute atomic E-state index is 13.2. The van der Waals surface area contributed by atoms with Crippen LogP contribution in [0.2, 0.25) is 0 Å². The number of aromatic nitrogens is 1. The molecule has 0 N–H and O–H groups in total. The zero-order chi connectivity index (χ0) is 21.4. The van der Waals surface area contributed by atoms with Gasteiger partial charge in [0, 0.05) is 39.0 Å². The van der Waals surface area contributed by atoms with E-state index in [-0.39, 0.29) is 23.8 Å². The third-order valence-electron chi connectivity index (χ3n) is 4.61. The Morgan fingerprint density at radius 3 is 2.41 bits per heavy atom. The van der Waals surface area contributed by atoms with Crippen LogP contribution in [-0.2, 0) is 34.5 Å². The van der Waals surface area contributed by atoms with Gasteiger partial charge < -0.3 is 23.5 Å². The summed E-state index contributed by atoms with van der Waals surface area (Å²) in [6.45, 7) is 7.62. The van der Waals surface area contributed by atoms with E-state index in [0.717, 1.165) is 5.69 Å². The summed E-state index contributed by atoms with van der Waals surface area (Å²) in [6, 6.07) is 7.58. The van der Waals surface area contributed by atoms with E-state index in [2.05, 4.69) is 0 Å². The van der Waals surface area contributed by atoms with Gasteiger partial charge in [0.15, 0.2) is 0 Å². The van der Waals surface area contributed by atoms with Gasteiger partial charge in [-0.05, 0) is 29.7 Å². The van der Waals surface area contributed by atoms with Crippen molar-refractivity contribution in [1.82, 2.24) is 14.4 Å². The van der Waals surface area contributed by atoms with E-state index in [4.69, 9.17) is 9.15 Å². The minimum atomic E-state index is -0.150. The molecule has 160 valence electrons. The first-order valence-corrected chi connectivity index (χ1v) is 9.86. The van der Waals surface area contributed by atoms with E-state index < -0.39 is 0 Å². The lowest BCUT2D eigenvalue weighted by Gasteiger charge is -2.29. The first-order valence-electron chi connectivity index (χ1n) is 9.86. The fourth-order valence-corrected chi connectivity index (χ4v) is 3.00. The van der Waals surface area contributed by atoms with Gasteiger partial charge in [0.1, 0.15) is 5.76 Å². The molecule has 0 saturated heterocycles. The average molecular weight is 404 g/mol. The summed E-state index contributed by atoms with van der Waals surface area (Å²) in [4.78, 5) is 29.3. The highest BCUT2D eigenvalue weighted by Crippen LogP contribution is 2.20. The second-order valence-corrected chi connectivity index (χ2v) is 8.49. The van der Waals surface area contributed by atoms with Crippen molar-refractivity contribution in [3.63, 3.8) is 0 Å². The molecule has 0 aromatic carbocycles. The van der Waals surface area contributed by atoms with Gasteiger partial charge in [-0.2, -0.15) is 0 Å². The zero-order valence-electron chi connectivity index (χ0n) is 18.2. The molecule has 0 saturated carbocycles. The molecule has 0 aliphatic carbocycles. The smallest absolute Gasteiger partial charge is 0.242 e. The molecule has 2 amide bonds. The summed E-state index contributed by atoms with van der Waals surface area (Å²) in [5, 5.41) is 0. The summed E-state index contributed by atoms with van der Waals surface area (Å²) in [5.41, 5.74) is 0.858. The highest BCUT2D eigenvalue weighted by Gasteiger charge is 2.25. The lowest BCUT2D eigenvalue weighted by atomic mass is 9.91. The highest BCUT2D eigenvalue weighted by molar-refractivity contribution is 5.85. The molecule has 7 heteroatoms. The van der Waals surface area contributed by atoms with E-state index >= 15 is 0 Å². The Hall–Kier alpha value is -2.54. The molecule has 0 atom stereocenters. The number of nitrogens with zero attached hydrogens (tertiary/aromatic N) is 3. The van der Waals surface area contributed by atoms with Crippen LogP contribution in [-0.4, -0.2) is 53.0 Å². The molecule has 0 unspecified atom stereocenters. The van der Waals surface area contributed by atoms with E-state index in [0.29, 0.717) is 38.4 Å². The number of ether oxygens (including phenoxy) is 1. The molecule has 0 radical (unpaired) electrons. The van der Waals surface area contributed by atoms with Crippen LogP contribution in [0.3, 0.4) is 0 Å². The van der Waals surface area contributed by atoms with E-state index in [1.165, 1.54) is 0 Å². The lowest BCUT2D eigenvalue weighted by molar-refractivity contribution is -0.143. The number of hydrogen-bond donors (Lipinski definition) is 0. The van der Waals surface area contributed by atoms with Gasteiger partial charge in [0.2, 0.25) is 11.8 Å². The van der Waals surface area contributed by atoms with Crippen LogP contribution in [0.15, 0.2) is 41.1 Å². The average Bonchev–Trinajstić information content (AvgIpc) is 3.28. The van der Waals surface area contributed by atoms with Crippen molar-refractivity contribution in [2.24, 2.45) is 12.5 Å². The third kappa shape index (κ3) is 7.42. The number of amides is 2. The maximum atomic E-state index is 13.2. The van der Waals surface area contributed by atoms with Crippen LogP contribution in [0.1, 0.15) is 38.6 Å². The number of rotatable bonds is 10. The molecule has 2 aromatic heterocycles. The SMILES string of the molecule is COCCN(CC(=O)N(Cc1ccco1)Cc1cccn1C)C(=O)CC(C)(C)C. The van der Waals surface area contributed by atoms with Gasteiger partial charge in [-0.25, -0.2) is 0 Å². The van der Waals surface area contributed by atoms with Crippen molar-refractivity contribution in [2.45, 2.75) is 40.3 Å². The van der Waals surface area contributed by atoms with Gasteiger partial charge in [-0.3, -0.25) is 9.59 Å². The highest BCUT2D eigenvalue weighted by atomic mass is 16.5. The molecule has 2 aromatic rings. The van der Waals surface area contributed by atoms with Gasteiger partial charge in [0.05, 0.1) is 32.5 Å². The summed E-state index contributed by atoms with van der Waals surface area (Å²) >= 11 is 0. The van der Waals surface area contributed by atoms with Gasteiger partial charge in [-0.15, -0.1) is 0 Å². The first-order chi connectivity index (χ1) is 13.7. The molecule has 0 aliphatic heterocycles. The Morgan fingerprint density at radius 1 is 1.10 bits per heavy atom. The first kappa shape index (κ1) is 22.7. The van der Waals surface area contributed by atoms with E-state index in [1.54, 1.807) is 29.2 Å². The number of methoxy groups -OCH3 is 1. The van der Waals surface area contributed by atoms with Gasteiger partial charge in [-0.1, -0.05) is 20.8 Å². The van der Waals surface area contributed by atoms with Crippen molar-refractivity contribution in [3.8, 4) is 0 Å². The van der Waals surface area contributed by atoms with Gasteiger partial charge in [0.25, 0.3) is 0 Å². The Bertz CT molecular complexity index is 774. The lowest BCUT2D eigenvalue weighted by Crippen LogP contribution is -2.44. The number of furan rings is 1. The number of carbonyl (C=O) groups excluding carboxylic acids is 2. The second-order valence-electron chi connectivity index (χ2n) is 8.49. The van der Waals surface area contributed by atoms with E-state index in [9.17, 15) is 9.59 Å². The van der Waals surface area contributed by atoms with Crippen LogP contribution in [0, 0.1) is 5.41 Å². The molecule has 0 spiro atoms. The molecular weight excluding hydrogens is 370 g/mol. The zero-order valence-corrected chi connectivity index (χ0v) is 18.2. The number of aryl methyl sites for hydroxylation is 1. The molecule has 7 nitrogen and oxygen atoms in total. The summed E-state index contributed by atoms with van der Waals surface area (Å²) < 4.78 is 12.6. The van der Waals surface area contributed by atoms with Crippen molar-refractivity contribution in [2.75, 3.05) is 26.8 Å². The molecular formula is C22H33N3O4. The van der Waals surface area contributed by atoms with Crippen LogP contribution in [0.4, 0.5) is 0 Å². The van der Waals surface area contributed by atoms with Crippen molar-refractivity contribution >= 4 is 11.8 Å². The van der Waals surface area contributed by atoms with Crippen LogP contribution in [0.5, 0.6) is 0 Å². The Labute approximate surface area is 173 Å². The van der Waals surface area contributed by atoms with Gasteiger partial charge >= 0.3 is 0 Å². The monoisotopic (exact) mass is 403 g/mol. The second kappa shape index (κ2) is 10.3. The summed E-state index contributed by atoms with van der Waals surface area (Å²) in [6.07, 6.45) is 3.92. The summed E-state index contributed by atoms with van der Waals surface area (Å²) in [7, 11) is 3.54. The fourth-order valence-electron chi connectivity index (χ4n) is 3.00. The minimum absolute atomic E-state index is 0.0173. The minimum Gasteiger partial charge on any atom is -0.467 e. The quantitative estimate of drug-likeness (QED) is 0.611. The molecule has 2 heterocycles. The molecule has 2 rings (SSSR count). The Balaban J connectivity index is 2.15. The normalized spacial score (nSPS) is 11.5. The van der Waals surface area contributed by atoms with Crippen molar-refractivity contribution in [1.29, 1.82) is 0 Å². The Kier molecular flexibility index (Phi) is 8.08. The van der Waals surface area contributed by atoms with E-state index in [1.807, 2.05) is 56.8 Å². The predicted octanol–water partition coefficient (Wildman–Crippen LogP) is 3.06. The predicted molar refractivity (Wildman–Crippen MR) is 111 cm³/mol. The van der Waals surface area contributed by atoms with Crippen molar-refractivity contribution < 1.29 is 18.7 Å². The van der Waals surface area contributed by atoms with Crippen LogP contribution < -0.4 is 0 Å². The maximum Gasteiger partial charge on any atom is 0.242 e. The van der Waals surface area contributed by atoms with Crippen LogP contribution >= 0.6 is 0 Å². The molecule has 0 bridgehead atoms. The number of hydrogen-bond acceptors (Lipinski definition) is 4. The molecule has 0 fully saturated rings. The van der Waals surface area contributed by atoms with Crippen molar-refractivity contribution in [3.05, 3.63) is 48.2 Å².